The molecule has 1 aromatic carbocycles. The number of carbonyl (C=O) groups excluding carboxylic acids is 3. The number of nitrogens with one attached hydrogen (secondary N) is 2. The Hall–Kier alpha value is -2.57. The Bertz CT molecular complexity index is 620. The first-order chi connectivity index (χ1) is 11.1. The van der Waals surface area contributed by atoms with Crippen LogP contribution in [-0.2, 0) is 14.3 Å². The fourth-order valence-corrected chi connectivity index (χ4v) is 1.74. The molecule has 0 saturated carbocycles. The van der Waals surface area contributed by atoms with Crippen molar-refractivity contribution in [3.05, 3.63) is 29.3 Å². The topological polar surface area (TPSA) is 93.7 Å². The lowest BCUT2D eigenvalue weighted by molar-refractivity contribution is -0.150. The molecule has 0 aliphatic heterocycles. The fraction of sp³-hybridized carbons (Fsp3) is 0.471. The molecule has 7 heteroatoms. The molecular formula is C17H24N2O5. The number of ether oxygens (including phenoxy) is 2. The molecule has 0 atom stereocenters. The molecular weight excluding hydrogens is 312 g/mol. The second kappa shape index (κ2) is 8.33. The van der Waals surface area contributed by atoms with Crippen molar-refractivity contribution >= 4 is 17.9 Å². The molecule has 2 N–H and O–H groups in total. The number of hydrogen-bond donors (Lipinski definition) is 2. The first-order valence-electron chi connectivity index (χ1n) is 7.55. The van der Waals surface area contributed by atoms with E-state index in [0.717, 1.165) is 11.1 Å². The van der Waals surface area contributed by atoms with Gasteiger partial charge in [-0.25, -0.2) is 9.59 Å². The maximum atomic E-state index is 11.6. The minimum absolute atomic E-state index is 0.314. The molecule has 0 aliphatic rings. The number of amides is 3. The third-order valence-corrected chi connectivity index (χ3v) is 3.01. The van der Waals surface area contributed by atoms with Gasteiger partial charge in [-0.2, -0.15) is 0 Å². The smallest absolute Gasteiger partial charge is 0.344 e. The highest BCUT2D eigenvalue weighted by molar-refractivity contribution is 5.95. The van der Waals surface area contributed by atoms with Crippen LogP contribution in [0.1, 0.15) is 31.9 Å². The van der Waals surface area contributed by atoms with Crippen LogP contribution in [0.15, 0.2) is 18.2 Å². The Labute approximate surface area is 141 Å². The second-order valence-corrected chi connectivity index (χ2v) is 6.40. The van der Waals surface area contributed by atoms with Gasteiger partial charge in [-0.15, -0.1) is 0 Å². The molecule has 0 spiro atoms. The molecule has 0 unspecified atom stereocenters. The van der Waals surface area contributed by atoms with Gasteiger partial charge in [0, 0.05) is 5.54 Å². The van der Waals surface area contributed by atoms with Crippen molar-refractivity contribution < 1.29 is 23.9 Å². The third kappa shape index (κ3) is 7.13. The standard InChI is InChI=1S/C17H24N2O5/c1-11-7-6-8-13(12(11)2)23-10-15(21)24-9-14(20)18-16(22)19-17(3,4)5/h6-8H,9-10H2,1-5H3,(H2,18,19,20,22). The molecule has 0 bridgehead atoms. The van der Waals surface area contributed by atoms with Gasteiger partial charge in [-0.05, 0) is 51.8 Å². The van der Waals surface area contributed by atoms with Gasteiger partial charge in [0.05, 0.1) is 0 Å². The van der Waals surface area contributed by atoms with E-state index in [9.17, 15) is 14.4 Å². The summed E-state index contributed by atoms with van der Waals surface area (Å²) in [7, 11) is 0. The lowest BCUT2D eigenvalue weighted by atomic mass is 10.1. The van der Waals surface area contributed by atoms with Gasteiger partial charge < -0.3 is 14.8 Å². The number of urea groups is 1. The van der Waals surface area contributed by atoms with Gasteiger partial charge in [0.1, 0.15) is 5.75 Å². The van der Waals surface area contributed by atoms with Gasteiger partial charge >= 0.3 is 12.0 Å². The highest BCUT2D eigenvalue weighted by Gasteiger charge is 2.16. The Balaban J connectivity index is 2.34. The van der Waals surface area contributed by atoms with E-state index in [2.05, 4.69) is 10.6 Å². The van der Waals surface area contributed by atoms with Crippen molar-refractivity contribution in [3.8, 4) is 5.75 Å². The molecule has 0 aliphatic carbocycles. The lowest BCUT2D eigenvalue weighted by Gasteiger charge is -2.20. The van der Waals surface area contributed by atoms with E-state index in [1.165, 1.54) is 0 Å². The van der Waals surface area contributed by atoms with Crippen LogP contribution in [0.25, 0.3) is 0 Å². The number of esters is 1. The molecule has 0 saturated heterocycles. The van der Waals surface area contributed by atoms with Crippen molar-refractivity contribution in [2.45, 2.75) is 40.2 Å². The zero-order valence-electron chi connectivity index (χ0n) is 14.7. The van der Waals surface area contributed by atoms with E-state index in [1.54, 1.807) is 26.8 Å². The van der Waals surface area contributed by atoms with Crippen LogP contribution < -0.4 is 15.4 Å². The van der Waals surface area contributed by atoms with Crippen LogP contribution in [0.2, 0.25) is 0 Å². The first kappa shape index (κ1) is 19.5. The van der Waals surface area contributed by atoms with Gasteiger partial charge in [0.25, 0.3) is 5.91 Å². The maximum Gasteiger partial charge on any atom is 0.344 e. The fourth-order valence-electron chi connectivity index (χ4n) is 1.74. The lowest BCUT2D eigenvalue weighted by Crippen LogP contribution is -2.49. The summed E-state index contributed by atoms with van der Waals surface area (Å²) >= 11 is 0. The largest absolute Gasteiger partial charge is 0.482 e. The number of aryl methyl sites for hydroxylation is 1. The SMILES string of the molecule is Cc1cccc(OCC(=O)OCC(=O)NC(=O)NC(C)(C)C)c1C. The number of rotatable bonds is 5. The number of carbonyl (C=O) groups is 3. The molecule has 7 nitrogen and oxygen atoms in total. The highest BCUT2D eigenvalue weighted by Crippen LogP contribution is 2.20. The van der Waals surface area contributed by atoms with Crippen molar-refractivity contribution in [2.24, 2.45) is 0 Å². The van der Waals surface area contributed by atoms with E-state index in [1.807, 2.05) is 26.0 Å². The zero-order valence-corrected chi connectivity index (χ0v) is 14.7. The Kier molecular flexibility index (Phi) is 6.76. The summed E-state index contributed by atoms with van der Waals surface area (Å²) in [5.74, 6) is -0.819. The Morgan fingerprint density at radius 3 is 2.38 bits per heavy atom. The molecule has 0 fully saturated rings. The van der Waals surface area contributed by atoms with E-state index in [-0.39, 0.29) is 6.61 Å². The summed E-state index contributed by atoms with van der Waals surface area (Å²) in [5, 5.41) is 4.63. The molecule has 0 heterocycles. The van der Waals surface area contributed by atoms with Crippen molar-refractivity contribution in [3.63, 3.8) is 0 Å². The summed E-state index contributed by atoms with van der Waals surface area (Å²) < 4.78 is 10.1. The van der Waals surface area contributed by atoms with Crippen LogP contribution in [0.3, 0.4) is 0 Å². The minimum atomic E-state index is -0.711. The molecule has 1 rings (SSSR count). The average Bonchev–Trinajstić information content (AvgIpc) is 2.44. The van der Waals surface area contributed by atoms with Crippen LogP contribution in [0.4, 0.5) is 4.79 Å². The van der Waals surface area contributed by atoms with Crippen molar-refractivity contribution in [1.82, 2.24) is 10.6 Å². The summed E-state index contributed by atoms with van der Waals surface area (Å²) in [6.07, 6.45) is 0. The van der Waals surface area contributed by atoms with Crippen LogP contribution in [0, 0.1) is 13.8 Å². The van der Waals surface area contributed by atoms with E-state index < -0.39 is 30.1 Å². The Morgan fingerprint density at radius 1 is 1.08 bits per heavy atom. The molecule has 1 aromatic rings. The third-order valence-electron chi connectivity index (χ3n) is 3.01. The summed E-state index contributed by atoms with van der Waals surface area (Å²) in [5.41, 5.74) is 1.51. The predicted molar refractivity (Wildman–Crippen MR) is 88.8 cm³/mol. The molecule has 0 aromatic heterocycles. The summed E-state index contributed by atoms with van der Waals surface area (Å²) in [6.45, 7) is 8.30. The molecule has 24 heavy (non-hydrogen) atoms. The van der Waals surface area contributed by atoms with E-state index >= 15 is 0 Å². The Morgan fingerprint density at radius 2 is 1.75 bits per heavy atom. The second-order valence-electron chi connectivity index (χ2n) is 6.40. The van der Waals surface area contributed by atoms with Crippen molar-refractivity contribution in [2.75, 3.05) is 13.2 Å². The maximum absolute atomic E-state index is 11.6. The highest BCUT2D eigenvalue weighted by atomic mass is 16.6. The summed E-state index contributed by atoms with van der Waals surface area (Å²) in [6, 6.07) is 4.87. The van der Waals surface area contributed by atoms with Gasteiger partial charge in [0.15, 0.2) is 13.2 Å². The van der Waals surface area contributed by atoms with E-state index in [4.69, 9.17) is 9.47 Å². The minimum Gasteiger partial charge on any atom is -0.482 e. The van der Waals surface area contributed by atoms with Crippen LogP contribution in [0.5, 0.6) is 5.75 Å². The van der Waals surface area contributed by atoms with E-state index in [0.29, 0.717) is 5.75 Å². The number of hydrogen-bond acceptors (Lipinski definition) is 5. The average molecular weight is 336 g/mol. The predicted octanol–water partition coefficient (Wildman–Crippen LogP) is 1.85. The monoisotopic (exact) mass is 336 g/mol. The number of benzene rings is 1. The van der Waals surface area contributed by atoms with Crippen LogP contribution in [-0.4, -0.2) is 36.7 Å². The number of imide groups is 1. The quantitative estimate of drug-likeness (QED) is 0.800. The first-order valence-corrected chi connectivity index (χ1v) is 7.55. The molecule has 0 radical (unpaired) electrons. The summed E-state index contributed by atoms with van der Waals surface area (Å²) in [4.78, 5) is 34.6. The van der Waals surface area contributed by atoms with Gasteiger partial charge in [-0.3, -0.25) is 10.1 Å². The molecule has 3 amide bonds. The van der Waals surface area contributed by atoms with Gasteiger partial charge in [0.2, 0.25) is 0 Å². The normalized spacial score (nSPS) is 10.7. The molecule has 132 valence electrons. The zero-order chi connectivity index (χ0) is 18.3. The van der Waals surface area contributed by atoms with Crippen molar-refractivity contribution in [1.29, 1.82) is 0 Å². The van der Waals surface area contributed by atoms with Crippen LogP contribution >= 0.6 is 0 Å². The van der Waals surface area contributed by atoms with Gasteiger partial charge in [-0.1, -0.05) is 12.1 Å².